The minimum atomic E-state index is -0.267. The molecule has 3 rings (SSSR count). The zero-order valence-electron chi connectivity index (χ0n) is 14.0. The number of carbonyl (C=O) groups excluding carboxylic acids is 1. The van der Waals surface area contributed by atoms with Gasteiger partial charge in [-0.05, 0) is 24.3 Å². The lowest BCUT2D eigenvalue weighted by molar-refractivity contribution is 0.0832. The summed E-state index contributed by atoms with van der Waals surface area (Å²) < 4.78 is 5.36. The molecule has 1 aromatic heterocycles. The molecule has 2 heterocycles. The quantitative estimate of drug-likeness (QED) is 0.870. The predicted molar refractivity (Wildman–Crippen MR) is 94.3 cm³/mol. The summed E-state index contributed by atoms with van der Waals surface area (Å²) in [5.41, 5.74) is 0.764. The number of likely N-dealkylation sites (tertiary alicyclic amines) is 1. The molecule has 0 atom stereocenters. The number of aromatic nitrogens is 2. The molecule has 1 aliphatic rings. The Balaban J connectivity index is 1.40. The second-order valence-electron chi connectivity index (χ2n) is 6.12. The third-order valence-corrected chi connectivity index (χ3v) is 4.34. The number of rotatable bonds is 5. The SMILES string of the molecule is O=C(OCc1ccccc1)N1CCC(CNc2ncc[nH]c2=O)CC1. The Hall–Kier alpha value is -2.83. The smallest absolute Gasteiger partial charge is 0.410 e. The lowest BCUT2D eigenvalue weighted by atomic mass is 9.97. The van der Waals surface area contributed by atoms with Crippen LogP contribution >= 0.6 is 0 Å². The van der Waals surface area contributed by atoms with E-state index < -0.39 is 0 Å². The third kappa shape index (κ3) is 4.82. The van der Waals surface area contributed by atoms with E-state index >= 15 is 0 Å². The van der Waals surface area contributed by atoms with Crippen molar-refractivity contribution in [3.63, 3.8) is 0 Å². The predicted octanol–water partition coefficient (Wildman–Crippen LogP) is 2.23. The van der Waals surface area contributed by atoms with Crippen LogP contribution in [0, 0.1) is 5.92 Å². The van der Waals surface area contributed by atoms with Crippen LogP contribution in [0.25, 0.3) is 0 Å². The number of nitrogens with zero attached hydrogens (tertiary/aromatic N) is 2. The second kappa shape index (κ2) is 8.32. The first kappa shape index (κ1) is 17.0. The molecule has 7 heteroatoms. The number of H-pyrrole nitrogens is 1. The highest BCUT2D eigenvalue weighted by Crippen LogP contribution is 2.18. The number of hydrogen-bond acceptors (Lipinski definition) is 5. The molecule has 0 aliphatic carbocycles. The highest BCUT2D eigenvalue weighted by molar-refractivity contribution is 5.67. The van der Waals surface area contributed by atoms with E-state index in [1.54, 1.807) is 11.1 Å². The van der Waals surface area contributed by atoms with Gasteiger partial charge in [0.25, 0.3) is 5.56 Å². The summed E-state index contributed by atoms with van der Waals surface area (Å²) in [5.74, 6) is 0.742. The average molecular weight is 342 g/mol. The van der Waals surface area contributed by atoms with Crippen molar-refractivity contribution in [2.24, 2.45) is 5.92 Å². The lowest BCUT2D eigenvalue weighted by Gasteiger charge is -2.31. The van der Waals surface area contributed by atoms with E-state index in [1.165, 1.54) is 6.20 Å². The van der Waals surface area contributed by atoms with Gasteiger partial charge in [0.15, 0.2) is 5.82 Å². The van der Waals surface area contributed by atoms with Gasteiger partial charge in [-0.2, -0.15) is 0 Å². The van der Waals surface area contributed by atoms with Gasteiger partial charge in [-0.25, -0.2) is 9.78 Å². The van der Waals surface area contributed by atoms with Crippen molar-refractivity contribution < 1.29 is 9.53 Å². The van der Waals surface area contributed by atoms with Gasteiger partial charge in [0.1, 0.15) is 6.61 Å². The van der Waals surface area contributed by atoms with Gasteiger partial charge in [-0.3, -0.25) is 4.79 Å². The fourth-order valence-electron chi connectivity index (χ4n) is 2.85. The summed E-state index contributed by atoms with van der Waals surface area (Å²) >= 11 is 0. The Bertz CT molecular complexity index is 739. The molecule has 0 spiro atoms. The molecular weight excluding hydrogens is 320 g/mol. The van der Waals surface area contributed by atoms with Crippen LogP contribution in [0.4, 0.5) is 10.6 Å². The van der Waals surface area contributed by atoms with E-state index in [2.05, 4.69) is 15.3 Å². The van der Waals surface area contributed by atoms with Gasteiger partial charge in [0, 0.05) is 32.0 Å². The molecule has 1 amide bonds. The fourth-order valence-corrected chi connectivity index (χ4v) is 2.85. The van der Waals surface area contributed by atoms with E-state index in [0.717, 1.165) is 18.4 Å². The topological polar surface area (TPSA) is 87.3 Å². The molecule has 2 N–H and O–H groups in total. The molecule has 0 unspecified atom stereocenters. The Labute approximate surface area is 146 Å². The van der Waals surface area contributed by atoms with Gasteiger partial charge in [-0.1, -0.05) is 30.3 Å². The normalized spacial score (nSPS) is 15.0. The highest BCUT2D eigenvalue weighted by atomic mass is 16.6. The molecule has 0 saturated carbocycles. The molecule has 132 valence electrons. The Morgan fingerprint density at radius 3 is 2.76 bits per heavy atom. The van der Waals surface area contributed by atoms with Gasteiger partial charge in [0.05, 0.1) is 0 Å². The Morgan fingerprint density at radius 1 is 1.28 bits per heavy atom. The Morgan fingerprint density at radius 2 is 2.04 bits per heavy atom. The second-order valence-corrected chi connectivity index (χ2v) is 6.12. The summed E-state index contributed by atoms with van der Waals surface area (Å²) in [6.07, 6.45) is 4.54. The fraction of sp³-hybridized carbons (Fsp3) is 0.389. The standard InChI is InChI=1S/C18H22N4O3/c23-17-16(19-8-9-20-17)21-12-14-6-10-22(11-7-14)18(24)25-13-15-4-2-1-3-5-15/h1-5,8-9,14H,6-7,10-13H2,(H,19,21)(H,20,23). The maximum Gasteiger partial charge on any atom is 0.410 e. The lowest BCUT2D eigenvalue weighted by Crippen LogP contribution is -2.40. The van der Waals surface area contributed by atoms with E-state index in [0.29, 0.717) is 38.0 Å². The summed E-state index contributed by atoms with van der Waals surface area (Å²) in [7, 11) is 0. The van der Waals surface area contributed by atoms with Crippen molar-refractivity contribution in [1.82, 2.24) is 14.9 Å². The van der Waals surface area contributed by atoms with E-state index in [4.69, 9.17) is 4.74 Å². The minimum Gasteiger partial charge on any atom is -0.445 e. The monoisotopic (exact) mass is 342 g/mol. The average Bonchev–Trinajstić information content (AvgIpc) is 2.67. The number of hydrogen-bond donors (Lipinski definition) is 2. The summed E-state index contributed by atoms with van der Waals surface area (Å²) in [6.45, 7) is 2.30. The van der Waals surface area contributed by atoms with Crippen LogP contribution in [0.3, 0.4) is 0 Å². The van der Waals surface area contributed by atoms with Gasteiger partial charge < -0.3 is 19.9 Å². The highest BCUT2D eigenvalue weighted by Gasteiger charge is 2.23. The molecule has 2 aromatic rings. The number of piperidine rings is 1. The first-order valence-corrected chi connectivity index (χ1v) is 8.45. The maximum atomic E-state index is 12.1. The van der Waals surface area contributed by atoms with Gasteiger partial charge in [-0.15, -0.1) is 0 Å². The zero-order valence-corrected chi connectivity index (χ0v) is 14.0. The number of benzene rings is 1. The molecule has 7 nitrogen and oxygen atoms in total. The van der Waals surface area contributed by atoms with Crippen molar-refractivity contribution in [2.45, 2.75) is 19.4 Å². The number of amides is 1. The van der Waals surface area contributed by atoms with Crippen LogP contribution in [0.2, 0.25) is 0 Å². The van der Waals surface area contributed by atoms with Crippen molar-refractivity contribution in [2.75, 3.05) is 25.0 Å². The first-order chi connectivity index (χ1) is 12.2. The third-order valence-electron chi connectivity index (χ3n) is 4.34. The summed E-state index contributed by atoms with van der Waals surface area (Å²) in [4.78, 5) is 32.1. The van der Waals surface area contributed by atoms with Crippen molar-refractivity contribution in [3.05, 3.63) is 58.6 Å². The molecule has 1 aliphatic heterocycles. The maximum absolute atomic E-state index is 12.1. The van der Waals surface area contributed by atoms with Crippen LogP contribution in [0.5, 0.6) is 0 Å². The van der Waals surface area contributed by atoms with E-state index in [-0.39, 0.29) is 11.7 Å². The largest absolute Gasteiger partial charge is 0.445 e. The van der Waals surface area contributed by atoms with Crippen LogP contribution in [0.15, 0.2) is 47.5 Å². The summed E-state index contributed by atoms with van der Waals surface area (Å²) in [5, 5.41) is 3.08. The van der Waals surface area contributed by atoms with Crippen molar-refractivity contribution >= 4 is 11.9 Å². The number of ether oxygens (including phenoxy) is 1. The molecular formula is C18H22N4O3. The molecule has 25 heavy (non-hydrogen) atoms. The van der Waals surface area contributed by atoms with Crippen LogP contribution in [-0.4, -0.2) is 40.6 Å². The molecule has 1 fully saturated rings. The number of aromatic amines is 1. The van der Waals surface area contributed by atoms with E-state index in [9.17, 15) is 9.59 Å². The number of nitrogens with one attached hydrogen (secondary N) is 2. The molecule has 0 radical (unpaired) electrons. The number of carbonyl (C=O) groups is 1. The van der Waals surface area contributed by atoms with Crippen molar-refractivity contribution in [3.8, 4) is 0 Å². The molecule has 1 aromatic carbocycles. The molecule has 1 saturated heterocycles. The van der Waals surface area contributed by atoms with Crippen LogP contribution in [-0.2, 0) is 11.3 Å². The summed E-state index contributed by atoms with van der Waals surface area (Å²) in [6, 6.07) is 9.65. The van der Waals surface area contributed by atoms with Crippen molar-refractivity contribution in [1.29, 1.82) is 0 Å². The van der Waals surface area contributed by atoms with Gasteiger partial charge in [0.2, 0.25) is 0 Å². The first-order valence-electron chi connectivity index (χ1n) is 8.45. The van der Waals surface area contributed by atoms with E-state index in [1.807, 2.05) is 30.3 Å². The van der Waals surface area contributed by atoms with Crippen LogP contribution < -0.4 is 10.9 Å². The number of anilines is 1. The van der Waals surface area contributed by atoms with Crippen LogP contribution in [0.1, 0.15) is 18.4 Å². The zero-order chi connectivity index (χ0) is 17.5. The van der Waals surface area contributed by atoms with Gasteiger partial charge >= 0.3 is 6.09 Å². The minimum absolute atomic E-state index is 0.218. The Kier molecular flexibility index (Phi) is 5.66. The molecule has 0 bridgehead atoms.